The summed E-state index contributed by atoms with van der Waals surface area (Å²) in [5.41, 5.74) is 0. The second-order valence-corrected chi connectivity index (χ2v) is 3.23. The summed E-state index contributed by atoms with van der Waals surface area (Å²) in [5.74, 6) is 0.0634. The van der Waals surface area contributed by atoms with Crippen LogP contribution in [0.1, 0.15) is 17.7 Å². The molecule has 1 atom stereocenters. The van der Waals surface area contributed by atoms with Crippen LogP contribution in [0.25, 0.3) is 0 Å². The number of nitro groups is 1. The number of nitrogens with zero attached hydrogens (tertiary/aromatic N) is 3. The van der Waals surface area contributed by atoms with E-state index in [1.54, 1.807) is 17.8 Å². The molecule has 1 unspecified atom stereocenters. The van der Waals surface area contributed by atoms with Gasteiger partial charge in [0.15, 0.2) is 6.10 Å². The number of hydrogen-bond donors (Lipinski definition) is 1. The van der Waals surface area contributed by atoms with Crippen LogP contribution in [-0.2, 0) is 7.05 Å². The average molecular weight is 223 g/mol. The number of aryl methyl sites for hydroxylation is 1. The first kappa shape index (κ1) is 10.4. The molecule has 0 fully saturated rings. The van der Waals surface area contributed by atoms with Gasteiger partial charge >= 0.3 is 5.88 Å². The van der Waals surface area contributed by atoms with Gasteiger partial charge in [-0.05, 0) is 6.07 Å². The minimum atomic E-state index is -1.10. The maximum absolute atomic E-state index is 10.4. The number of rotatable bonds is 3. The average Bonchev–Trinajstić information content (AvgIpc) is 2.84. The monoisotopic (exact) mass is 223 g/mol. The Morgan fingerprint density at radius 1 is 1.62 bits per heavy atom. The molecule has 0 spiro atoms. The maximum atomic E-state index is 10.4. The molecule has 0 aliphatic carbocycles. The van der Waals surface area contributed by atoms with Gasteiger partial charge in [-0.2, -0.15) is 0 Å². The Hall–Kier alpha value is -2.15. The molecule has 0 aromatic carbocycles. The van der Waals surface area contributed by atoms with Crippen LogP contribution in [0.15, 0.2) is 28.9 Å². The molecular formula is C9H9N3O4. The molecule has 0 aliphatic rings. The van der Waals surface area contributed by atoms with Gasteiger partial charge in [0.25, 0.3) is 0 Å². The van der Waals surface area contributed by atoms with E-state index >= 15 is 0 Å². The normalized spacial score (nSPS) is 12.6. The van der Waals surface area contributed by atoms with Gasteiger partial charge < -0.3 is 14.1 Å². The first-order valence-corrected chi connectivity index (χ1v) is 4.49. The fraction of sp³-hybridized carbons (Fsp3) is 0.222. The van der Waals surface area contributed by atoms with Crippen molar-refractivity contribution in [3.05, 3.63) is 46.2 Å². The van der Waals surface area contributed by atoms with Gasteiger partial charge in [-0.15, -0.1) is 0 Å². The van der Waals surface area contributed by atoms with E-state index < -0.39 is 16.9 Å². The first-order valence-electron chi connectivity index (χ1n) is 4.49. The van der Waals surface area contributed by atoms with Crippen molar-refractivity contribution in [1.29, 1.82) is 0 Å². The van der Waals surface area contributed by atoms with Crippen LogP contribution in [0.3, 0.4) is 0 Å². The van der Waals surface area contributed by atoms with E-state index in [0.717, 1.165) is 0 Å². The van der Waals surface area contributed by atoms with Gasteiger partial charge in [0.1, 0.15) is 16.5 Å². The minimum Gasteiger partial charge on any atom is -0.403 e. The maximum Gasteiger partial charge on any atom is 0.433 e. The lowest BCUT2D eigenvalue weighted by molar-refractivity contribution is -0.402. The molecule has 7 nitrogen and oxygen atoms in total. The third kappa shape index (κ3) is 1.68. The van der Waals surface area contributed by atoms with Gasteiger partial charge in [-0.3, -0.25) is 10.1 Å². The van der Waals surface area contributed by atoms with Crippen molar-refractivity contribution in [1.82, 2.24) is 9.55 Å². The van der Waals surface area contributed by atoms with Crippen LogP contribution >= 0.6 is 0 Å². The largest absolute Gasteiger partial charge is 0.433 e. The number of aliphatic hydroxyl groups is 1. The Kier molecular flexibility index (Phi) is 2.45. The van der Waals surface area contributed by atoms with Crippen molar-refractivity contribution >= 4 is 5.88 Å². The van der Waals surface area contributed by atoms with Gasteiger partial charge in [-0.1, -0.05) is 0 Å². The highest BCUT2D eigenvalue weighted by molar-refractivity contribution is 5.22. The number of aromatic nitrogens is 2. The molecule has 0 amide bonds. The summed E-state index contributed by atoms with van der Waals surface area (Å²) >= 11 is 0. The van der Waals surface area contributed by atoms with Crippen molar-refractivity contribution in [2.45, 2.75) is 6.10 Å². The second kappa shape index (κ2) is 3.78. The van der Waals surface area contributed by atoms with Gasteiger partial charge in [0.2, 0.25) is 0 Å². The smallest absolute Gasteiger partial charge is 0.403 e. The summed E-state index contributed by atoms with van der Waals surface area (Å²) in [7, 11) is 1.71. The number of furan rings is 1. The fourth-order valence-electron chi connectivity index (χ4n) is 1.36. The van der Waals surface area contributed by atoms with E-state index in [2.05, 4.69) is 4.98 Å². The third-order valence-corrected chi connectivity index (χ3v) is 2.17. The van der Waals surface area contributed by atoms with Crippen LogP contribution < -0.4 is 0 Å². The summed E-state index contributed by atoms with van der Waals surface area (Å²) in [5, 5.41) is 20.3. The molecule has 1 N–H and O–H groups in total. The zero-order chi connectivity index (χ0) is 11.7. The number of hydrogen-bond acceptors (Lipinski definition) is 5. The van der Waals surface area contributed by atoms with E-state index in [1.807, 2.05) is 0 Å². The highest BCUT2D eigenvalue weighted by Crippen LogP contribution is 2.25. The summed E-state index contributed by atoms with van der Waals surface area (Å²) in [4.78, 5) is 13.7. The summed E-state index contributed by atoms with van der Waals surface area (Å²) in [6.07, 6.45) is 2.08. The Bertz CT molecular complexity index is 516. The molecule has 2 rings (SSSR count). The van der Waals surface area contributed by atoms with Crippen LogP contribution in [-0.4, -0.2) is 19.6 Å². The van der Waals surface area contributed by atoms with E-state index in [1.165, 1.54) is 18.3 Å². The third-order valence-electron chi connectivity index (χ3n) is 2.17. The highest BCUT2D eigenvalue weighted by atomic mass is 16.6. The molecule has 0 saturated heterocycles. The van der Waals surface area contributed by atoms with Crippen LogP contribution in [0, 0.1) is 10.1 Å². The second-order valence-electron chi connectivity index (χ2n) is 3.23. The topological polar surface area (TPSA) is 94.3 Å². The Morgan fingerprint density at radius 2 is 2.38 bits per heavy atom. The fourth-order valence-corrected chi connectivity index (χ4v) is 1.36. The zero-order valence-corrected chi connectivity index (χ0v) is 8.40. The molecule has 2 aromatic heterocycles. The Morgan fingerprint density at radius 3 is 2.88 bits per heavy atom. The van der Waals surface area contributed by atoms with Crippen molar-refractivity contribution in [3.8, 4) is 0 Å². The summed E-state index contributed by atoms with van der Waals surface area (Å²) in [6.45, 7) is 0. The molecule has 0 aliphatic heterocycles. The highest BCUT2D eigenvalue weighted by Gasteiger charge is 2.21. The van der Waals surface area contributed by atoms with E-state index in [4.69, 9.17) is 4.42 Å². The Balaban J connectivity index is 2.31. The van der Waals surface area contributed by atoms with Crippen LogP contribution in [0.4, 0.5) is 5.88 Å². The Labute approximate surface area is 90.1 Å². The first-order chi connectivity index (χ1) is 7.59. The standard InChI is InChI=1S/C9H9N3O4/c1-11-5-4-10-9(11)8(13)6-2-3-7(16-6)12(14)15/h2-5,8,13H,1H3. The molecule has 0 bridgehead atoms. The zero-order valence-electron chi connectivity index (χ0n) is 8.40. The molecule has 7 heteroatoms. The van der Waals surface area contributed by atoms with Crippen molar-refractivity contribution in [3.63, 3.8) is 0 Å². The van der Waals surface area contributed by atoms with Crippen molar-refractivity contribution in [2.24, 2.45) is 7.05 Å². The van der Waals surface area contributed by atoms with Crippen LogP contribution in [0.2, 0.25) is 0 Å². The summed E-state index contributed by atoms with van der Waals surface area (Å²) in [6, 6.07) is 2.55. The van der Waals surface area contributed by atoms with E-state index in [9.17, 15) is 15.2 Å². The molecule has 0 radical (unpaired) electrons. The van der Waals surface area contributed by atoms with Gasteiger partial charge in [0.05, 0.1) is 6.07 Å². The van der Waals surface area contributed by atoms with Gasteiger partial charge in [-0.25, -0.2) is 4.98 Å². The lowest BCUT2D eigenvalue weighted by atomic mass is 10.2. The van der Waals surface area contributed by atoms with E-state index in [0.29, 0.717) is 5.82 Å². The van der Waals surface area contributed by atoms with E-state index in [-0.39, 0.29) is 5.76 Å². The number of imidazole rings is 1. The molecule has 2 aromatic rings. The van der Waals surface area contributed by atoms with Crippen molar-refractivity contribution < 1.29 is 14.4 Å². The SMILES string of the molecule is Cn1ccnc1C(O)c1ccc([N+](=O)[O-])o1. The lowest BCUT2D eigenvalue weighted by Gasteiger charge is -2.06. The molecule has 16 heavy (non-hydrogen) atoms. The predicted molar refractivity (Wildman–Crippen MR) is 52.6 cm³/mol. The van der Waals surface area contributed by atoms with Crippen molar-refractivity contribution in [2.75, 3.05) is 0 Å². The summed E-state index contributed by atoms with van der Waals surface area (Å²) < 4.78 is 6.49. The molecule has 2 heterocycles. The molecule has 84 valence electrons. The predicted octanol–water partition coefficient (Wildman–Crippen LogP) is 1.00. The van der Waals surface area contributed by atoms with Gasteiger partial charge in [0, 0.05) is 19.4 Å². The lowest BCUT2D eigenvalue weighted by Crippen LogP contribution is -2.05. The minimum absolute atomic E-state index is 0.0981. The quantitative estimate of drug-likeness (QED) is 0.618. The van der Waals surface area contributed by atoms with Crippen LogP contribution in [0.5, 0.6) is 0 Å². The molecular weight excluding hydrogens is 214 g/mol. The number of aliphatic hydroxyl groups excluding tert-OH is 1. The molecule has 0 saturated carbocycles.